The standard InChI is InChI=1S/C24H30ClN3O2S/c1-15(26-19-8-4-7-17(25)14-19)21-11-12-22(31-21)24(30)28-20(13-16-5-2-3-6-16)23(29)27-18-9-10-18/h4,7-8,11-12,14-16,18,20,26H,2-3,5-6,9-10,13H2,1H3,(H,27,29)(H,28,30)/t15-,20+/m1/s1. The SMILES string of the molecule is C[C@@H](Nc1cccc(Cl)c1)c1ccc(C(=O)N[C@@H](CC2CCCC2)C(=O)NC2CC2)s1. The van der Waals surface area contributed by atoms with E-state index >= 15 is 0 Å². The molecule has 2 fully saturated rings. The van der Waals surface area contributed by atoms with Crippen molar-refractivity contribution >= 4 is 40.4 Å². The fourth-order valence-corrected chi connectivity index (χ4v) is 5.28. The zero-order chi connectivity index (χ0) is 21.8. The van der Waals surface area contributed by atoms with Crippen molar-refractivity contribution in [1.29, 1.82) is 0 Å². The molecule has 1 aromatic heterocycles. The minimum atomic E-state index is -0.455. The van der Waals surface area contributed by atoms with E-state index in [2.05, 4.69) is 22.9 Å². The van der Waals surface area contributed by atoms with Crippen LogP contribution < -0.4 is 16.0 Å². The number of hydrogen-bond donors (Lipinski definition) is 3. The smallest absolute Gasteiger partial charge is 0.262 e. The number of thiophene rings is 1. The lowest BCUT2D eigenvalue weighted by molar-refractivity contribution is -0.123. The number of hydrogen-bond acceptors (Lipinski definition) is 4. The maximum atomic E-state index is 13.0. The Morgan fingerprint density at radius 3 is 2.61 bits per heavy atom. The second kappa shape index (κ2) is 10.0. The van der Waals surface area contributed by atoms with Gasteiger partial charge in [-0.15, -0.1) is 11.3 Å². The molecule has 5 nitrogen and oxygen atoms in total. The molecule has 4 rings (SSSR count). The molecular formula is C24H30ClN3O2S. The van der Waals surface area contributed by atoms with E-state index in [1.807, 2.05) is 36.4 Å². The Labute approximate surface area is 193 Å². The van der Waals surface area contributed by atoms with Crippen molar-refractivity contribution in [2.75, 3.05) is 5.32 Å². The molecule has 7 heteroatoms. The second-order valence-corrected chi connectivity index (χ2v) is 10.3. The molecule has 0 spiro atoms. The molecule has 2 aliphatic carbocycles. The molecule has 2 aliphatic rings. The van der Waals surface area contributed by atoms with E-state index in [4.69, 9.17) is 11.6 Å². The lowest BCUT2D eigenvalue weighted by Crippen LogP contribution is -2.48. The minimum Gasteiger partial charge on any atom is -0.378 e. The minimum absolute atomic E-state index is 0.0319. The van der Waals surface area contributed by atoms with E-state index in [-0.39, 0.29) is 17.9 Å². The van der Waals surface area contributed by atoms with Crippen LogP contribution in [0.15, 0.2) is 36.4 Å². The number of anilines is 1. The van der Waals surface area contributed by atoms with Gasteiger partial charge < -0.3 is 16.0 Å². The number of carbonyl (C=O) groups excluding carboxylic acids is 2. The molecule has 2 atom stereocenters. The summed E-state index contributed by atoms with van der Waals surface area (Å²) in [6.07, 6.45) is 7.57. The van der Waals surface area contributed by atoms with Crippen LogP contribution in [0.25, 0.3) is 0 Å². The van der Waals surface area contributed by atoms with Gasteiger partial charge in [-0.05, 0) is 62.4 Å². The molecule has 166 valence electrons. The van der Waals surface area contributed by atoms with E-state index in [9.17, 15) is 9.59 Å². The third-order valence-electron chi connectivity index (χ3n) is 6.07. The Morgan fingerprint density at radius 2 is 1.90 bits per heavy atom. The number of amides is 2. The number of rotatable bonds is 9. The molecule has 0 unspecified atom stereocenters. The Bertz CT molecular complexity index is 921. The van der Waals surface area contributed by atoms with Gasteiger partial charge in [-0.25, -0.2) is 0 Å². The highest BCUT2D eigenvalue weighted by Gasteiger charge is 2.31. The lowest BCUT2D eigenvalue weighted by Gasteiger charge is -2.21. The van der Waals surface area contributed by atoms with Gasteiger partial charge >= 0.3 is 0 Å². The Balaban J connectivity index is 1.38. The first-order chi connectivity index (χ1) is 15.0. The van der Waals surface area contributed by atoms with Gasteiger partial charge in [0, 0.05) is 21.6 Å². The summed E-state index contributed by atoms with van der Waals surface area (Å²) in [4.78, 5) is 27.4. The number of halogens is 1. The van der Waals surface area contributed by atoms with Crippen molar-refractivity contribution in [1.82, 2.24) is 10.6 Å². The predicted molar refractivity (Wildman–Crippen MR) is 127 cm³/mol. The van der Waals surface area contributed by atoms with Crippen LogP contribution in [0.3, 0.4) is 0 Å². The van der Waals surface area contributed by atoms with E-state index in [0.29, 0.717) is 21.9 Å². The highest BCUT2D eigenvalue weighted by Crippen LogP contribution is 2.30. The Kier molecular flexibility index (Phi) is 7.18. The van der Waals surface area contributed by atoms with Gasteiger partial charge in [-0.2, -0.15) is 0 Å². The number of carbonyl (C=O) groups is 2. The van der Waals surface area contributed by atoms with Crippen LogP contribution in [0.2, 0.25) is 5.02 Å². The van der Waals surface area contributed by atoms with Gasteiger partial charge in [0.15, 0.2) is 0 Å². The van der Waals surface area contributed by atoms with Crippen molar-refractivity contribution in [3.05, 3.63) is 51.2 Å². The fourth-order valence-electron chi connectivity index (χ4n) is 4.18. The third kappa shape index (κ3) is 6.23. The Morgan fingerprint density at radius 1 is 1.13 bits per heavy atom. The quantitative estimate of drug-likeness (QED) is 0.461. The summed E-state index contributed by atoms with van der Waals surface area (Å²) in [5.41, 5.74) is 0.938. The molecule has 1 heterocycles. The van der Waals surface area contributed by atoms with Gasteiger partial charge in [-0.3, -0.25) is 9.59 Å². The predicted octanol–water partition coefficient (Wildman–Crippen LogP) is 5.53. The van der Waals surface area contributed by atoms with Gasteiger partial charge in [0.1, 0.15) is 6.04 Å². The lowest BCUT2D eigenvalue weighted by atomic mass is 9.97. The van der Waals surface area contributed by atoms with Crippen LogP contribution in [0.1, 0.15) is 72.5 Å². The van der Waals surface area contributed by atoms with Crippen LogP contribution in [-0.2, 0) is 4.79 Å². The fraction of sp³-hybridized carbons (Fsp3) is 0.500. The molecule has 0 radical (unpaired) electrons. The first kappa shape index (κ1) is 22.2. The molecule has 2 amide bonds. The highest BCUT2D eigenvalue weighted by atomic mass is 35.5. The topological polar surface area (TPSA) is 70.2 Å². The van der Waals surface area contributed by atoms with Gasteiger partial charge in [-0.1, -0.05) is 43.4 Å². The molecule has 2 saturated carbocycles. The van der Waals surface area contributed by atoms with E-state index in [0.717, 1.165) is 42.7 Å². The van der Waals surface area contributed by atoms with E-state index in [1.165, 1.54) is 24.2 Å². The first-order valence-corrected chi connectivity index (χ1v) is 12.4. The summed E-state index contributed by atoms with van der Waals surface area (Å²) in [5, 5.41) is 10.2. The number of nitrogens with one attached hydrogen (secondary N) is 3. The van der Waals surface area contributed by atoms with Crippen LogP contribution in [-0.4, -0.2) is 23.9 Å². The molecule has 0 bridgehead atoms. The first-order valence-electron chi connectivity index (χ1n) is 11.2. The molecule has 3 N–H and O–H groups in total. The third-order valence-corrected chi connectivity index (χ3v) is 7.58. The average Bonchev–Trinajstić information content (AvgIpc) is 3.19. The number of benzene rings is 1. The maximum absolute atomic E-state index is 13.0. The molecule has 31 heavy (non-hydrogen) atoms. The second-order valence-electron chi connectivity index (χ2n) is 8.77. The molecule has 0 saturated heterocycles. The average molecular weight is 460 g/mol. The summed E-state index contributed by atoms with van der Waals surface area (Å²) in [7, 11) is 0. The van der Waals surface area contributed by atoms with Crippen molar-refractivity contribution in [2.45, 2.75) is 70.0 Å². The van der Waals surface area contributed by atoms with Crippen LogP contribution in [0.5, 0.6) is 0 Å². The van der Waals surface area contributed by atoms with Gasteiger partial charge in [0.25, 0.3) is 5.91 Å². The van der Waals surface area contributed by atoms with E-state index in [1.54, 1.807) is 0 Å². The molecule has 2 aromatic rings. The van der Waals surface area contributed by atoms with E-state index < -0.39 is 6.04 Å². The van der Waals surface area contributed by atoms with Crippen molar-refractivity contribution in [3.8, 4) is 0 Å². The highest BCUT2D eigenvalue weighted by molar-refractivity contribution is 7.14. The van der Waals surface area contributed by atoms with Crippen molar-refractivity contribution in [2.24, 2.45) is 5.92 Å². The van der Waals surface area contributed by atoms with Gasteiger partial charge in [0.05, 0.1) is 10.9 Å². The summed E-state index contributed by atoms with van der Waals surface area (Å²) < 4.78 is 0. The molecule has 1 aromatic carbocycles. The molecular weight excluding hydrogens is 430 g/mol. The van der Waals surface area contributed by atoms with Crippen molar-refractivity contribution in [3.63, 3.8) is 0 Å². The largest absolute Gasteiger partial charge is 0.378 e. The summed E-state index contributed by atoms with van der Waals surface area (Å²) in [5.74, 6) is 0.326. The zero-order valence-electron chi connectivity index (χ0n) is 17.8. The normalized spacial score (nSPS) is 18.4. The zero-order valence-corrected chi connectivity index (χ0v) is 19.4. The summed E-state index contributed by atoms with van der Waals surface area (Å²) >= 11 is 7.52. The van der Waals surface area contributed by atoms with Crippen molar-refractivity contribution < 1.29 is 9.59 Å². The summed E-state index contributed by atoms with van der Waals surface area (Å²) in [6, 6.07) is 11.3. The maximum Gasteiger partial charge on any atom is 0.262 e. The Hall–Kier alpha value is -2.05. The van der Waals surface area contributed by atoms with Crippen LogP contribution in [0.4, 0.5) is 5.69 Å². The van der Waals surface area contributed by atoms with Crippen LogP contribution >= 0.6 is 22.9 Å². The molecule has 0 aliphatic heterocycles. The monoisotopic (exact) mass is 459 g/mol. The van der Waals surface area contributed by atoms with Gasteiger partial charge in [0.2, 0.25) is 5.91 Å². The van der Waals surface area contributed by atoms with Crippen LogP contribution in [0, 0.1) is 5.92 Å². The summed E-state index contributed by atoms with van der Waals surface area (Å²) in [6.45, 7) is 2.06.